The number of aromatic nitrogens is 2. The second kappa shape index (κ2) is 4.94. The van der Waals surface area contributed by atoms with E-state index >= 15 is 0 Å². The summed E-state index contributed by atoms with van der Waals surface area (Å²) in [6, 6.07) is 4.09. The number of anilines is 2. The molecule has 0 unspecified atom stereocenters. The van der Waals surface area contributed by atoms with Gasteiger partial charge in [-0.25, -0.2) is 0 Å². The molecule has 0 radical (unpaired) electrons. The monoisotopic (exact) mass is 260 g/mol. The van der Waals surface area contributed by atoms with Crippen molar-refractivity contribution in [3.63, 3.8) is 0 Å². The normalized spacial score (nSPS) is 14.7. The fraction of sp³-hybridized carbons (Fsp3) is 0.385. The average molecular weight is 260 g/mol. The lowest BCUT2D eigenvalue weighted by molar-refractivity contribution is 1.01. The van der Waals surface area contributed by atoms with E-state index in [4.69, 9.17) is 5.73 Å². The lowest BCUT2D eigenvalue weighted by atomic mass is 10.2. The summed E-state index contributed by atoms with van der Waals surface area (Å²) in [5.41, 5.74) is 8.46. The van der Waals surface area contributed by atoms with Crippen LogP contribution in [0.5, 0.6) is 0 Å². The number of nitrogens with two attached hydrogens (primary N) is 1. The molecule has 18 heavy (non-hydrogen) atoms. The largest absolute Gasteiger partial charge is 0.383 e. The highest BCUT2D eigenvalue weighted by atomic mass is 32.1. The molecule has 0 bridgehead atoms. The van der Waals surface area contributed by atoms with Crippen LogP contribution in [0.3, 0.4) is 0 Å². The molecule has 0 spiro atoms. The van der Waals surface area contributed by atoms with Crippen LogP contribution in [0, 0.1) is 0 Å². The average Bonchev–Trinajstić information content (AvgIpc) is 3.16. The Morgan fingerprint density at radius 3 is 2.83 bits per heavy atom. The van der Waals surface area contributed by atoms with Gasteiger partial charge in [0.25, 0.3) is 0 Å². The van der Waals surface area contributed by atoms with Crippen molar-refractivity contribution >= 4 is 22.4 Å². The molecule has 0 saturated heterocycles. The van der Waals surface area contributed by atoms with E-state index in [1.165, 1.54) is 35.5 Å². The molecule has 94 valence electrons. The van der Waals surface area contributed by atoms with Gasteiger partial charge in [-0.2, -0.15) is 4.37 Å². The van der Waals surface area contributed by atoms with Crippen LogP contribution in [0.25, 0.3) is 0 Å². The summed E-state index contributed by atoms with van der Waals surface area (Å²) in [6.45, 7) is 0.908. The highest BCUT2D eigenvalue weighted by Gasteiger charge is 2.30. The van der Waals surface area contributed by atoms with E-state index in [0.717, 1.165) is 18.0 Å². The number of rotatable bonds is 5. The first-order chi connectivity index (χ1) is 8.84. The van der Waals surface area contributed by atoms with Crippen LogP contribution < -0.4 is 11.1 Å². The minimum absolute atomic E-state index is 0.646. The summed E-state index contributed by atoms with van der Waals surface area (Å²) in [4.78, 5) is 4.02. The SMILES string of the molecule is Nc1nsc(NCCc2ccncc2)c1C1CC1. The summed E-state index contributed by atoms with van der Waals surface area (Å²) in [6.07, 6.45) is 7.15. The fourth-order valence-corrected chi connectivity index (χ4v) is 2.90. The molecule has 0 aromatic carbocycles. The number of nitrogen functional groups attached to an aromatic ring is 1. The number of pyridine rings is 1. The number of hydrogen-bond donors (Lipinski definition) is 2. The van der Waals surface area contributed by atoms with E-state index in [0.29, 0.717) is 11.7 Å². The van der Waals surface area contributed by atoms with Crippen molar-refractivity contribution in [1.82, 2.24) is 9.36 Å². The summed E-state index contributed by atoms with van der Waals surface area (Å²) >= 11 is 1.48. The maximum Gasteiger partial charge on any atom is 0.142 e. The number of nitrogens with one attached hydrogen (secondary N) is 1. The molecule has 1 fully saturated rings. The first-order valence-electron chi connectivity index (χ1n) is 6.22. The minimum Gasteiger partial charge on any atom is -0.383 e. The predicted octanol–water partition coefficient (Wildman–Crippen LogP) is 2.65. The van der Waals surface area contributed by atoms with Gasteiger partial charge >= 0.3 is 0 Å². The van der Waals surface area contributed by atoms with E-state index in [-0.39, 0.29) is 0 Å². The van der Waals surface area contributed by atoms with Crippen molar-refractivity contribution in [3.05, 3.63) is 35.7 Å². The Kier molecular flexibility index (Phi) is 3.15. The van der Waals surface area contributed by atoms with Gasteiger partial charge in [-0.3, -0.25) is 4.98 Å². The van der Waals surface area contributed by atoms with Crippen molar-refractivity contribution in [2.24, 2.45) is 0 Å². The zero-order chi connectivity index (χ0) is 12.4. The van der Waals surface area contributed by atoms with E-state index in [1.54, 1.807) is 0 Å². The quantitative estimate of drug-likeness (QED) is 0.867. The molecule has 1 aliphatic rings. The summed E-state index contributed by atoms with van der Waals surface area (Å²) < 4.78 is 4.25. The second-order valence-corrected chi connectivity index (χ2v) is 5.39. The molecule has 5 heteroatoms. The molecule has 3 rings (SSSR count). The Morgan fingerprint density at radius 1 is 1.33 bits per heavy atom. The van der Waals surface area contributed by atoms with Crippen molar-refractivity contribution in [3.8, 4) is 0 Å². The Balaban J connectivity index is 1.60. The Hall–Kier alpha value is -1.62. The van der Waals surface area contributed by atoms with E-state index < -0.39 is 0 Å². The Morgan fingerprint density at radius 2 is 2.11 bits per heavy atom. The molecule has 1 saturated carbocycles. The maximum absolute atomic E-state index is 5.92. The molecule has 2 aromatic heterocycles. The van der Waals surface area contributed by atoms with Gasteiger partial charge in [0.1, 0.15) is 10.8 Å². The van der Waals surface area contributed by atoms with Gasteiger partial charge in [0.05, 0.1) is 0 Å². The van der Waals surface area contributed by atoms with Crippen LogP contribution in [0.1, 0.15) is 29.9 Å². The molecule has 3 N–H and O–H groups in total. The summed E-state index contributed by atoms with van der Waals surface area (Å²) in [5.74, 6) is 1.36. The van der Waals surface area contributed by atoms with Gasteiger partial charge in [0.2, 0.25) is 0 Å². The molecular formula is C13H16N4S. The second-order valence-electron chi connectivity index (χ2n) is 4.62. The third-order valence-electron chi connectivity index (χ3n) is 3.19. The predicted molar refractivity (Wildman–Crippen MR) is 74.9 cm³/mol. The number of hydrogen-bond acceptors (Lipinski definition) is 5. The zero-order valence-corrected chi connectivity index (χ0v) is 10.9. The van der Waals surface area contributed by atoms with Crippen molar-refractivity contribution in [2.75, 3.05) is 17.6 Å². The molecule has 2 aromatic rings. The molecule has 0 aliphatic heterocycles. The maximum atomic E-state index is 5.92. The summed E-state index contributed by atoms with van der Waals surface area (Å²) in [5, 5.41) is 4.62. The molecular weight excluding hydrogens is 244 g/mol. The highest BCUT2D eigenvalue weighted by Crippen LogP contribution is 2.47. The van der Waals surface area contributed by atoms with Gasteiger partial charge in [0, 0.05) is 24.5 Å². The van der Waals surface area contributed by atoms with Crippen molar-refractivity contribution in [2.45, 2.75) is 25.2 Å². The van der Waals surface area contributed by atoms with Crippen molar-refractivity contribution in [1.29, 1.82) is 0 Å². The molecule has 0 amide bonds. The molecule has 2 heterocycles. The van der Waals surface area contributed by atoms with Crippen LogP contribution in [0.15, 0.2) is 24.5 Å². The summed E-state index contributed by atoms with van der Waals surface area (Å²) in [7, 11) is 0. The lowest BCUT2D eigenvalue weighted by Crippen LogP contribution is -2.05. The van der Waals surface area contributed by atoms with Gasteiger partial charge in [-0.1, -0.05) is 0 Å². The first-order valence-corrected chi connectivity index (χ1v) is 7.00. The first kappa shape index (κ1) is 11.5. The standard InChI is InChI=1S/C13H16N4S/c14-12-11(10-1-2-10)13(18-17-12)16-8-5-9-3-6-15-7-4-9/h3-4,6-7,10,16H,1-2,5,8H2,(H2,14,17). The fourth-order valence-electron chi connectivity index (χ4n) is 2.07. The molecule has 1 aliphatic carbocycles. The lowest BCUT2D eigenvalue weighted by Gasteiger charge is -2.06. The third kappa shape index (κ3) is 2.46. The Bertz CT molecular complexity index is 519. The molecule has 4 nitrogen and oxygen atoms in total. The van der Waals surface area contributed by atoms with Gasteiger partial charge in [-0.05, 0) is 54.4 Å². The van der Waals surface area contributed by atoms with E-state index in [1.807, 2.05) is 24.5 Å². The van der Waals surface area contributed by atoms with Crippen LogP contribution >= 0.6 is 11.5 Å². The topological polar surface area (TPSA) is 63.8 Å². The van der Waals surface area contributed by atoms with Gasteiger partial charge in [-0.15, -0.1) is 0 Å². The van der Waals surface area contributed by atoms with E-state index in [9.17, 15) is 0 Å². The van der Waals surface area contributed by atoms with Crippen LogP contribution in [-0.2, 0) is 6.42 Å². The number of nitrogens with zero attached hydrogens (tertiary/aromatic N) is 2. The molecule has 0 atom stereocenters. The minimum atomic E-state index is 0.646. The third-order valence-corrected chi connectivity index (χ3v) is 4.02. The van der Waals surface area contributed by atoms with Crippen LogP contribution in [0.2, 0.25) is 0 Å². The van der Waals surface area contributed by atoms with Gasteiger partial charge < -0.3 is 11.1 Å². The van der Waals surface area contributed by atoms with Crippen LogP contribution in [-0.4, -0.2) is 15.9 Å². The van der Waals surface area contributed by atoms with Crippen LogP contribution in [0.4, 0.5) is 10.8 Å². The highest BCUT2D eigenvalue weighted by molar-refractivity contribution is 7.10. The van der Waals surface area contributed by atoms with Crippen molar-refractivity contribution < 1.29 is 0 Å². The van der Waals surface area contributed by atoms with Gasteiger partial charge in [0.15, 0.2) is 0 Å². The zero-order valence-electron chi connectivity index (χ0n) is 10.1. The Labute approximate surface area is 110 Å². The van der Waals surface area contributed by atoms with E-state index in [2.05, 4.69) is 14.7 Å². The smallest absolute Gasteiger partial charge is 0.142 e.